The maximum Gasteiger partial charge on any atom is 0.291 e. The molecule has 0 saturated carbocycles. The van der Waals surface area contributed by atoms with Crippen molar-refractivity contribution in [2.45, 2.75) is 0 Å². The van der Waals surface area contributed by atoms with E-state index >= 15 is 0 Å². The summed E-state index contributed by atoms with van der Waals surface area (Å²) in [5, 5.41) is 4.96. The summed E-state index contributed by atoms with van der Waals surface area (Å²) in [6.45, 7) is 4.10. The quantitative estimate of drug-likeness (QED) is 0.289. The number of ether oxygens (including phenoxy) is 1. The zero-order valence-corrected chi connectivity index (χ0v) is 19.4. The fourth-order valence-electron chi connectivity index (χ4n) is 3.28. The molecule has 5 aromatic rings. The van der Waals surface area contributed by atoms with Crippen LogP contribution in [-0.2, 0) is 0 Å². The second kappa shape index (κ2) is 9.51. The van der Waals surface area contributed by atoms with Gasteiger partial charge in [0.05, 0.1) is 0 Å². The molecule has 0 aliphatic rings. The third-order valence-corrected chi connectivity index (χ3v) is 6.07. The van der Waals surface area contributed by atoms with Crippen LogP contribution in [0.25, 0.3) is 34.5 Å². The lowest BCUT2D eigenvalue weighted by atomic mass is 10.2. The lowest BCUT2D eigenvalue weighted by Crippen LogP contribution is -2.23. The number of hydrogen-bond acceptors (Lipinski definition) is 6. The molecular formula is C26H18ClN3O3S. The molecule has 3 heterocycles. The Morgan fingerprint density at radius 3 is 2.74 bits per heavy atom. The predicted octanol–water partition coefficient (Wildman–Crippen LogP) is 5.35. The van der Waals surface area contributed by atoms with E-state index in [-0.39, 0.29) is 5.56 Å². The van der Waals surface area contributed by atoms with Crippen molar-refractivity contribution in [2.24, 2.45) is 0 Å². The van der Waals surface area contributed by atoms with E-state index in [9.17, 15) is 4.79 Å². The topological polar surface area (TPSA) is 69.6 Å². The number of rotatable bonds is 7. The van der Waals surface area contributed by atoms with E-state index in [0.29, 0.717) is 38.5 Å². The second-order valence-corrected chi connectivity index (χ2v) is 8.74. The molecule has 5 rings (SSSR count). The highest BCUT2D eigenvalue weighted by Crippen LogP contribution is 2.25. The third kappa shape index (κ3) is 4.71. The molecule has 0 radical (unpaired) electrons. The Labute approximate surface area is 203 Å². The Balaban J connectivity index is 1.36. The number of nitrogens with zero attached hydrogens (tertiary/aromatic N) is 3. The highest BCUT2D eigenvalue weighted by molar-refractivity contribution is 7.15. The number of aromatic nitrogens is 3. The molecule has 0 N–H and O–H groups in total. The van der Waals surface area contributed by atoms with Crippen molar-refractivity contribution in [1.29, 1.82) is 0 Å². The van der Waals surface area contributed by atoms with Crippen LogP contribution in [0.5, 0.6) is 5.75 Å². The van der Waals surface area contributed by atoms with Crippen molar-refractivity contribution in [2.75, 3.05) is 6.61 Å². The maximum atomic E-state index is 12.8. The smallest absolute Gasteiger partial charge is 0.291 e. The molecule has 0 unspecified atom stereocenters. The second-order valence-electron chi connectivity index (χ2n) is 7.29. The van der Waals surface area contributed by atoms with E-state index in [4.69, 9.17) is 20.8 Å². The lowest BCUT2D eigenvalue weighted by molar-refractivity contribution is 0.363. The molecule has 0 amide bonds. The van der Waals surface area contributed by atoms with Crippen LogP contribution in [0.3, 0.4) is 0 Å². The first kappa shape index (κ1) is 21.9. The number of furan rings is 1. The molecular weight excluding hydrogens is 470 g/mol. The summed E-state index contributed by atoms with van der Waals surface area (Å²) in [4.78, 5) is 17.8. The molecule has 0 spiro atoms. The van der Waals surface area contributed by atoms with Gasteiger partial charge in [0.2, 0.25) is 4.96 Å². The van der Waals surface area contributed by atoms with Gasteiger partial charge >= 0.3 is 0 Å². The Morgan fingerprint density at radius 2 is 1.97 bits per heavy atom. The van der Waals surface area contributed by atoms with E-state index in [1.165, 1.54) is 15.9 Å². The summed E-state index contributed by atoms with van der Waals surface area (Å²) in [5.74, 6) is 2.47. The highest BCUT2D eigenvalue weighted by Gasteiger charge is 2.10. The normalized spacial score (nSPS) is 12.1. The third-order valence-electron chi connectivity index (χ3n) is 4.88. The van der Waals surface area contributed by atoms with Gasteiger partial charge in [-0.25, -0.2) is 0 Å². The molecule has 6 nitrogen and oxygen atoms in total. The van der Waals surface area contributed by atoms with Gasteiger partial charge in [0.1, 0.15) is 28.4 Å². The number of benzene rings is 2. The van der Waals surface area contributed by atoms with Gasteiger partial charge in [-0.3, -0.25) is 4.79 Å². The zero-order valence-electron chi connectivity index (χ0n) is 17.8. The molecule has 3 aromatic heterocycles. The van der Waals surface area contributed by atoms with Gasteiger partial charge in [0.15, 0.2) is 5.82 Å². The van der Waals surface area contributed by atoms with Gasteiger partial charge < -0.3 is 9.15 Å². The van der Waals surface area contributed by atoms with E-state index in [1.54, 1.807) is 24.3 Å². The fourth-order valence-corrected chi connectivity index (χ4v) is 4.36. The largest absolute Gasteiger partial charge is 0.490 e. The molecule has 0 fully saturated rings. The Hall–Kier alpha value is -3.94. The molecule has 0 aliphatic heterocycles. The van der Waals surface area contributed by atoms with Crippen molar-refractivity contribution < 1.29 is 9.15 Å². The van der Waals surface area contributed by atoms with Crippen molar-refractivity contribution in [3.63, 3.8) is 0 Å². The Bertz CT molecular complexity index is 1610. The van der Waals surface area contributed by atoms with Crippen molar-refractivity contribution in [1.82, 2.24) is 14.6 Å². The molecule has 0 bridgehead atoms. The molecule has 34 heavy (non-hydrogen) atoms. The Morgan fingerprint density at radius 1 is 1.12 bits per heavy atom. The number of thiazole rings is 1. The SMILES string of the molecule is C=CCOc1ccc(/C=C/c2nc3s/c(=C\c4ccc(-c5cccc(Cl)c5)o4)c(=O)n3n2)cc1. The predicted molar refractivity (Wildman–Crippen MR) is 136 cm³/mol. The van der Waals surface area contributed by atoms with Gasteiger partial charge in [0.25, 0.3) is 5.56 Å². The first-order valence-electron chi connectivity index (χ1n) is 10.4. The molecule has 0 atom stereocenters. The van der Waals surface area contributed by atoms with Gasteiger partial charge in [0, 0.05) is 16.7 Å². The summed E-state index contributed by atoms with van der Waals surface area (Å²) in [6, 6.07) is 18.7. The Kier molecular flexibility index (Phi) is 6.12. The van der Waals surface area contributed by atoms with Crippen LogP contribution < -0.4 is 14.8 Å². The summed E-state index contributed by atoms with van der Waals surface area (Å²) >= 11 is 7.32. The molecule has 2 aromatic carbocycles. The monoisotopic (exact) mass is 487 g/mol. The van der Waals surface area contributed by atoms with Gasteiger partial charge in [-0.2, -0.15) is 9.50 Å². The van der Waals surface area contributed by atoms with Crippen molar-refractivity contribution >= 4 is 46.1 Å². The number of halogens is 1. The average molecular weight is 488 g/mol. The highest BCUT2D eigenvalue weighted by atomic mass is 35.5. The van der Waals surface area contributed by atoms with E-state index in [0.717, 1.165) is 16.9 Å². The molecule has 8 heteroatoms. The van der Waals surface area contributed by atoms with Crippen molar-refractivity contribution in [3.05, 3.63) is 110 Å². The van der Waals surface area contributed by atoms with Crippen LogP contribution in [0.15, 0.2) is 82.5 Å². The molecule has 168 valence electrons. The van der Waals surface area contributed by atoms with Crippen LogP contribution in [0.2, 0.25) is 5.02 Å². The summed E-state index contributed by atoms with van der Waals surface area (Å²) < 4.78 is 13.2. The van der Waals surface area contributed by atoms with Crippen molar-refractivity contribution in [3.8, 4) is 17.1 Å². The van der Waals surface area contributed by atoms with E-state index in [1.807, 2.05) is 60.7 Å². The minimum atomic E-state index is -0.239. The molecule has 0 saturated heterocycles. The minimum absolute atomic E-state index is 0.239. The fraction of sp³-hybridized carbons (Fsp3) is 0.0385. The lowest BCUT2D eigenvalue weighted by Gasteiger charge is -2.02. The first-order valence-corrected chi connectivity index (χ1v) is 11.6. The zero-order chi connectivity index (χ0) is 23.5. The average Bonchev–Trinajstić information content (AvgIpc) is 3.54. The van der Waals surface area contributed by atoms with Crippen LogP contribution in [-0.4, -0.2) is 21.2 Å². The van der Waals surface area contributed by atoms with Crippen LogP contribution in [0, 0.1) is 0 Å². The van der Waals surface area contributed by atoms with Crippen LogP contribution in [0.4, 0.5) is 0 Å². The van der Waals surface area contributed by atoms with Gasteiger partial charge in [-0.15, -0.1) is 5.10 Å². The van der Waals surface area contributed by atoms with Gasteiger partial charge in [-0.1, -0.05) is 65.9 Å². The summed E-state index contributed by atoms with van der Waals surface area (Å²) in [6.07, 6.45) is 7.05. The van der Waals surface area contributed by atoms with Gasteiger partial charge in [-0.05, 0) is 48.0 Å². The summed E-state index contributed by atoms with van der Waals surface area (Å²) in [7, 11) is 0. The van der Waals surface area contributed by atoms with Crippen LogP contribution in [0.1, 0.15) is 17.1 Å². The van der Waals surface area contributed by atoms with E-state index < -0.39 is 0 Å². The maximum absolute atomic E-state index is 12.8. The molecule has 0 aliphatic carbocycles. The van der Waals surface area contributed by atoms with Crippen LogP contribution >= 0.6 is 22.9 Å². The number of fused-ring (bicyclic) bond motifs is 1. The standard InChI is InChI=1S/C26H18ClN3O3S/c1-2-14-32-20-9-6-17(7-10-20)8-13-24-28-26-30(29-24)25(31)23(34-26)16-21-11-12-22(33-21)18-4-3-5-19(27)15-18/h2-13,15-16H,1,14H2/b13-8+,23-16-. The summed E-state index contributed by atoms with van der Waals surface area (Å²) in [5.41, 5.74) is 1.60. The number of hydrogen-bond donors (Lipinski definition) is 0. The first-order chi connectivity index (χ1) is 16.6. The van der Waals surface area contributed by atoms with E-state index in [2.05, 4.69) is 16.7 Å². The minimum Gasteiger partial charge on any atom is -0.490 e.